The summed E-state index contributed by atoms with van der Waals surface area (Å²) < 4.78 is 15.9. The molecule has 0 fully saturated rings. The smallest absolute Gasteiger partial charge is 0.408 e. The van der Waals surface area contributed by atoms with Crippen molar-refractivity contribution in [2.45, 2.75) is 45.8 Å². The number of aryl methyl sites for hydroxylation is 1. The van der Waals surface area contributed by atoms with Crippen molar-refractivity contribution in [3.05, 3.63) is 76.1 Å². The number of fused-ring (bicyclic) bond motifs is 1. The van der Waals surface area contributed by atoms with Gasteiger partial charge in [-0.3, -0.25) is 0 Å². The van der Waals surface area contributed by atoms with Gasteiger partial charge in [0.15, 0.2) is 0 Å². The van der Waals surface area contributed by atoms with Crippen molar-refractivity contribution in [3.8, 4) is 5.75 Å². The molecule has 3 rings (SSSR count). The molecule has 162 valence electrons. The highest BCUT2D eigenvalue weighted by molar-refractivity contribution is 5.85. The summed E-state index contributed by atoms with van der Waals surface area (Å²) in [6, 6.07) is 14.7. The third-order valence-corrected chi connectivity index (χ3v) is 4.77. The summed E-state index contributed by atoms with van der Waals surface area (Å²) in [5, 5.41) is 3.35. The fourth-order valence-corrected chi connectivity index (χ4v) is 3.20. The number of amides is 1. The number of hydrogen-bond donors (Lipinski definition) is 1. The topological polar surface area (TPSA) is 94.8 Å². The molecule has 1 atom stereocenters. The zero-order chi connectivity index (χ0) is 22.2. The Morgan fingerprint density at radius 1 is 1.06 bits per heavy atom. The van der Waals surface area contributed by atoms with Crippen LogP contribution in [-0.2, 0) is 22.6 Å². The molecule has 1 aromatic heterocycles. The zero-order valence-electron chi connectivity index (χ0n) is 17.6. The SMILES string of the molecule is CCC[C@H](NC(=O)OCc1ccccc1)C(=O)Oc1ccc2c(CC)cc(=O)oc2c1. The van der Waals surface area contributed by atoms with Crippen molar-refractivity contribution >= 4 is 23.0 Å². The molecule has 31 heavy (non-hydrogen) atoms. The lowest BCUT2D eigenvalue weighted by Crippen LogP contribution is -2.43. The van der Waals surface area contributed by atoms with E-state index in [9.17, 15) is 14.4 Å². The summed E-state index contributed by atoms with van der Waals surface area (Å²) in [5.41, 5.74) is 1.59. The summed E-state index contributed by atoms with van der Waals surface area (Å²) in [5.74, 6) is -0.388. The van der Waals surface area contributed by atoms with Crippen LogP contribution in [0.1, 0.15) is 37.8 Å². The number of alkyl carbamates (subject to hydrolysis) is 1. The molecule has 1 heterocycles. The van der Waals surface area contributed by atoms with Crippen LogP contribution in [0.3, 0.4) is 0 Å². The van der Waals surface area contributed by atoms with Crippen LogP contribution in [0.4, 0.5) is 4.79 Å². The van der Waals surface area contributed by atoms with Gasteiger partial charge < -0.3 is 19.2 Å². The maximum atomic E-state index is 12.7. The van der Waals surface area contributed by atoms with E-state index in [1.165, 1.54) is 12.1 Å². The number of nitrogens with one attached hydrogen (secondary N) is 1. The minimum Gasteiger partial charge on any atom is -0.445 e. The maximum Gasteiger partial charge on any atom is 0.408 e. The quantitative estimate of drug-likeness (QED) is 0.329. The monoisotopic (exact) mass is 423 g/mol. The maximum absolute atomic E-state index is 12.7. The molecule has 0 aliphatic carbocycles. The lowest BCUT2D eigenvalue weighted by molar-refractivity contribution is -0.136. The van der Waals surface area contributed by atoms with Gasteiger partial charge in [0, 0.05) is 17.5 Å². The van der Waals surface area contributed by atoms with Crippen molar-refractivity contribution in [2.24, 2.45) is 0 Å². The molecule has 0 radical (unpaired) electrons. The summed E-state index contributed by atoms with van der Waals surface area (Å²) in [6.45, 7) is 3.94. The van der Waals surface area contributed by atoms with Gasteiger partial charge in [0.2, 0.25) is 0 Å². The highest BCUT2D eigenvalue weighted by Gasteiger charge is 2.23. The Bertz CT molecular complexity index is 1110. The van der Waals surface area contributed by atoms with Crippen molar-refractivity contribution in [3.63, 3.8) is 0 Å². The summed E-state index contributed by atoms with van der Waals surface area (Å²) in [7, 11) is 0. The number of carbonyl (C=O) groups excluding carboxylic acids is 2. The van der Waals surface area contributed by atoms with E-state index in [0.717, 1.165) is 16.5 Å². The molecule has 3 aromatic rings. The predicted molar refractivity (Wildman–Crippen MR) is 116 cm³/mol. The Labute approximate surface area is 180 Å². The average Bonchev–Trinajstić information content (AvgIpc) is 2.77. The van der Waals surface area contributed by atoms with E-state index in [0.29, 0.717) is 24.8 Å². The van der Waals surface area contributed by atoms with Gasteiger partial charge >= 0.3 is 17.7 Å². The Kier molecular flexibility index (Phi) is 7.43. The number of hydrogen-bond acceptors (Lipinski definition) is 6. The van der Waals surface area contributed by atoms with Crippen LogP contribution in [0.15, 0.2) is 63.8 Å². The summed E-state index contributed by atoms with van der Waals surface area (Å²) >= 11 is 0. The van der Waals surface area contributed by atoms with E-state index >= 15 is 0 Å². The first-order chi connectivity index (χ1) is 15.0. The first-order valence-corrected chi connectivity index (χ1v) is 10.3. The fraction of sp³-hybridized carbons (Fsp3) is 0.292. The first kappa shape index (κ1) is 22.1. The second-order valence-corrected chi connectivity index (χ2v) is 7.07. The van der Waals surface area contributed by atoms with E-state index in [1.807, 2.05) is 44.2 Å². The molecule has 0 aliphatic heterocycles. The second-order valence-electron chi connectivity index (χ2n) is 7.07. The molecule has 0 saturated carbocycles. The molecule has 7 heteroatoms. The van der Waals surface area contributed by atoms with Crippen LogP contribution >= 0.6 is 0 Å². The Hall–Kier alpha value is -3.61. The third-order valence-electron chi connectivity index (χ3n) is 4.77. The van der Waals surface area contributed by atoms with Gasteiger partial charge in [0.25, 0.3) is 0 Å². The van der Waals surface area contributed by atoms with E-state index in [-0.39, 0.29) is 12.4 Å². The first-order valence-electron chi connectivity index (χ1n) is 10.3. The van der Waals surface area contributed by atoms with Gasteiger partial charge in [0.1, 0.15) is 24.0 Å². The van der Waals surface area contributed by atoms with Crippen molar-refractivity contribution < 1.29 is 23.5 Å². The van der Waals surface area contributed by atoms with E-state index in [4.69, 9.17) is 13.9 Å². The van der Waals surface area contributed by atoms with E-state index in [1.54, 1.807) is 12.1 Å². The van der Waals surface area contributed by atoms with Gasteiger partial charge in [-0.15, -0.1) is 0 Å². The standard InChI is InChI=1S/C24H25NO6/c1-3-8-20(25-24(28)29-15-16-9-6-5-7-10-16)23(27)30-18-11-12-19-17(4-2)13-22(26)31-21(19)14-18/h5-7,9-14,20H,3-4,8,15H2,1-2H3,(H,25,28)/t20-/m0/s1. The molecule has 1 N–H and O–H groups in total. The minimum absolute atomic E-state index is 0.101. The molecule has 2 aromatic carbocycles. The highest BCUT2D eigenvalue weighted by Crippen LogP contribution is 2.23. The van der Waals surface area contributed by atoms with Crippen LogP contribution in [0.2, 0.25) is 0 Å². The van der Waals surface area contributed by atoms with Crippen LogP contribution in [-0.4, -0.2) is 18.1 Å². The van der Waals surface area contributed by atoms with Gasteiger partial charge in [-0.05, 0) is 36.1 Å². The number of benzene rings is 2. The molecular weight excluding hydrogens is 398 g/mol. The van der Waals surface area contributed by atoms with Gasteiger partial charge in [-0.1, -0.05) is 50.6 Å². The van der Waals surface area contributed by atoms with E-state index < -0.39 is 23.7 Å². The largest absolute Gasteiger partial charge is 0.445 e. The van der Waals surface area contributed by atoms with Gasteiger partial charge in [0.05, 0.1) is 0 Å². The fourth-order valence-electron chi connectivity index (χ4n) is 3.20. The van der Waals surface area contributed by atoms with Crippen LogP contribution in [0.5, 0.6) is 5.75 Å². The number of ether oxygens (including phenoxy) is 2. The Morgan fingerprint density at radius 2 is 1.84 bits per heavy atom. The normalized spacial score (nSPS) is 11.7. The summed E-state index contributed by atoms with van der Waals surface area (Å²) in [6.07, 6.45) is 1.03. The van der Waals surface area contributed by atoms with Gasteiger partial charge in [-0.2, -0.15) is 0 Å². The van der Waals surface area contributed by atoms with Crippen molar-refractivity contribution in [1.82, 2.24) is 5.32 Å². The molecule has 0 saturated heterocycles. The Morgan fingerprint density at radius 3 is 2.55 bits per heavy atom. The van der Waals surface area contributed by atoms with Crippen LogP contribution in [0.25, 0.3) is 11.0 Å². The molecule has 0 spiro atoms. The Balaban J connectivity index is 1.67. The van der Waals surface area contributed by atoms with Crippen LogP contribution in [0, 0.1) is 0 Å². The van der Waals surface area contributed by atoms with Crippen molar-refractivity contribution in [1.29, 1.82) is 0 Å². The summed E-state index contributed by atoms with van der Waals surface area (Å²) in [4.78, 5) is 36.5. The second kappa shape index (κ2) is 10.4. The average molecular weight is 423 g/mol. The minimum atomic E-state index is -0.863. The highest BCUT2D eigenvalue weighted by atomic mass is 16.6. The van der Waals surface area contributed by atoms with Crippen molar-refractivity contribution in [2.75, 3.05) is 0 Å². The molecule has 7 nitrogen and oxygen atoms in total. The molecule has 0 bridgehead atoms. The lowest BCUT2D eigenvalue weighted by Gasteiger charge is -2.17. The van der Waals surface area contributed by atoms with E-state index in [2.05, 4.69) is 5.32 Å². The number of rotatable bonds is 8. The van der Waals surface area contributed by atoms with Gasteiger partial charge in [-0.25, -0.2) is 14.4 Å². The zero-order valence-corrected chi connectivity index (χ0v) is 17.6. The molecule has 0 unspecified atom stereocenters. The number of carbonyl (C=O) groups is 2. The third kappa shape index (κ3) is 5.94. The molecular formula is C24H25NO6. The molecule has 0 aliphatic rings. The number of esters is 1. The molecule has 1 amide bonds. The predicted octanol–water partition coefficient (Wildman–Crippen LogP) is 4.36. The van der Waals surface area contributed by atoms with Crippen LogP contribution < -0.4 is 15.7 Å². The lowest BCUT2D eigenvalue weighted by atomic mass is 10.1.